The fraction of sp³-hybridized carbons (Fsp3) is 0.923. The van der Waals surface area contributed by atoms with E-state index in [0.717, 1.165) is 6.42 Å². The van der Waals surface area contributed by atoms with Crippen molar-refractivity contribution in [1.29, 1.82) is 0 Å². The summed E-state index contributed by atoms with van der Waals surface area (Å²) >= 11 is -1.08. The molecule has 5 nitrogen and oxygen atoms in total. The summed E-state index contributed by atoms with van der Waals surface area (Å²) in [5.74, 6) is 0.645. The molecule has 1 aliphatic heterocycles. The molecule has 0 saturated carbocycles. The fourth-order valence-electron chi connectivity index (χ4n) is 2.51. The lowest BCUT2D eigenvalue weighted by Crippen LogP contribution is -2.51. The number of amides is 1. The molecule has 0 spiro atoms. The average molecular weight is 290 g/mol. The average Bonchev–Trinajstić information content (AvgIpc) is 2.26. The molecule has 0 aliphatic carbocycles. The molecule has 112 valence electrons. The van der Waals surface area contributed by atoms with Crippen molar-refractivity contribution in [2.24, 2.45) is 11.8 Å². The number of nitrogens with one attached hydrogen (secondary N) is 1. The molecule has 19 heavy (non-hydrogen) atoms. The van der Waals surface area contributed by atoms with Crippen molar-refractivity contribution < 1.29 is 14.5 Å². The molecule has 0 aromatic heterocycles. The maximum Gasteiger partial charge on any atom is 0.407 e. The Balaban J connectivity index is 2.55. The predicted molar refractivity (Wildman–Crippen MR) is 77.4 cm³/mol. The van der Waals surface area contributed by atoms with Crippen molar-refractivity contribution >= 4 is 17.5 Å². The van der Waals surface area contributed by atoms with Gasteiger partial charge in [-0.3, -0.25) is 0 Å². The van der Waals surface area contributed by atoms with Gasteiger partial charge in [-0.15, -0.1) is 4.72 Å². The topological polar surface area (TPSA) is 75.6 Å². The van der Waals surface area contributed by atoms with E-state index in [1.54, 1.807) is 0 Å². The Hall–Kier alpha value is -0.460. The summed E-state index contributed by atoms with van der Waals surface area (Å²) in [4.78, 5) is 12.4. The van der Waals surface area contributed by atoms with E-state index < -0.39 is 17.5 Å². The van der Waals surface area contributed by atoms with E-state index >= 15 is 0 Å². The van der Waals surface area contributed by atoms with Crippen LogP contribution in [0.4, 0.5) is 4.79 Å². The molecule has 1 heterocycles. The van der Waals surface area contributed by atoms with Crippen molar-refractivity contribution in [2.75, 3.05) is 13.1 Å². The van der Waals surface area contributed by atoms with Gasteiger partial charge in [0.2, 0.25) is 0 Å². The zero-order chi connectivity index (χ0) is 14.8. The van der Waals surface area contributed by atoms with Crippen LogP contribution in [0.25, 0.3) is 0 Å². The van der Waals surface area contributed by atoms with Gasteiger partial charge in [0.25, 0.3) is 0 Å². The van der Waals surface area contributed by atoms with Gasteiger partial charge >= 0.3 is 6.09 Å². The Morgan fingerprint density at radius 1 is 1.53 bits per heavy atom. The van der Waals surface area contributed by atoms with Crippen LogP contribution in [0.15, 0.2) is 0 Å². The summed E-state index contributed by atoms with van der Waals surface area (Å²) in [7, 11) is 0. The molecule has 6 heteroatoms. The summed E-state index contributed by atoms with van der Waals surface area (Å²) in [5.41, 5.74) is 0. The minimum Gasteiger partial charge on any atom is -0.598 e. The first-order valence-corrected chi connectivity index (χ1v) is 7.94. The van der Waals surface area contributed by atoms with Gasteiger partial charge in [0.05, 0.1) is 6.04 Å². The Labute approximate surface area is 119 Å². The molecule has 1 saturated heterocycles. The Morgan fingerprint density at radius 3 is 2.53 bits per heavy atom. The van der Waals surface area contributed by atoms with Crippen molar-refractivity contribution in [2.45, 2.75) is 51.8 Å². The lowest BCUT2D eigenvalue weighted by Gasteiger charge is -2.39. The molecule has 0 radical (unpaired) electrons. The molecule has 0 aromatic rings. The minimum absolute atomic E-state index is 0.131. The molecule has 1 amide bonds. The van der Waals surface area contributed by atoms with Crippen molar-refractivity contribution in [1.82, 2.24) is 9.62 Å². The van der Waals surface area contributed by atoms with Gasteiger partial charge in [-0.1, -0.05) is 6.92 Å². The SMILES string of the molecule is C[C@H](N[S+]([O-])C(C)(C)C)[C@@H]1CCN(C(=O)O)C[C@@H]1C. The third-order valence-corrected chi connectivity index (χ3v) is 5.43. The number of hydrogen-bond donors (Lipinski definition) is 2. The molecule has 2 N–H and O–H groups in total. The number of piperidine rings is 1. The number of hydrogen-bond acceptors (Lipinski definition) is 3. The van der Waals surface area contributed by atoms with Crippen LogP contribution in [0.2, 0.25) is 0 Å². The second-order valence-electron chi connectivity index (χ2n) is 6.45. The van der Waals surface area contributed by atoms with Gasteiger partial charge in [-0.05, 0) is 46.0 Å². The lowest BCUT2D eigenvalue weighted by atomic mass is 9.82. The molecule has 1 fully saturated rings. The smallest absolute Gasteiger partial charge is 0.407 e. The van der Waals surface area contributed by atoms with Gasteiger partial charge in [0.1, 0.15) is 4.75 Å². The highest BCUT2D eigenvalue weighted by molar-refractivity contribution is 7.90. The maximum absolute atomic E-state index is 12.1. The highest BCUT2D eigenvalue weighted by atomic mass is 32.2. The summed E-state index contributed by atoms with van der Waals surface area (Å²) in [6.07, 6.45) is -0.0210. The van der Waals surface area contributed by atoms with Crippen LogP contribution in [0.5, 0.6) is 0 Å². The summed E-state index contributed by atoms with van der Waals surface area (Å²) < 4.78 is 15.0. The van der Waals surface area contributed by atoms with E-state index in [-0.39, 0.29) is 16.7 Å². The molecular formula is C13H26N2O3S. The van der Waals surface area contributed by atoms with Gasteiger partial charge in [-0.25, -0.2) is 4.79 Å². The van der Waals surface area contributed by atoms with Crippen LogP contribution >= 0.6 is 0 Å². The van der Waals surface area contributed by atoms with Gasteiger partial charge in [-0.2, -0.15) is 0 Å². The fourth-order valence-corrected chi connectivity index (χ4v) is 3.38. The molecule has 0 bridgehead atoms. The molecule has 1 rings (SSSR count). The van der Waals surface area contributed by atoms with E-state index in [0.29, 0.717) is 19.0 Å². The molecular weight excluding hydrogens is 264 g/mol. The summed E-state index contributed by atoms with van der Waals surface area (Å²) in [6, 6.07) is 0.131. The molecule has 0 aromatic carbocycles. The lowest BCUT2D eigenvalue weighted by molar-refractivity contribution is 0.0935. The van der Waals surface area contributed by atoms with Crippen molar-refractivity contribution in [3.63, 3.8) is 0 Å². The second-order valence-corrected chi connectivity index (χ2v) is 8.44. The summed E-state index contributed by atoms with van der Waals surface area (Å²) in [6.45, 7) is 11.1. The molecule has 1 aliphatic rings. The standard InChI is InChI=1S/C13H26N2O3S/c1-9-8-15(12(16)17)7-6-11(9)10(2)14-19(18)13(3,4)5/h9-11,14H,6-8H2,1-5H3,(H,16,17)/t9-,10-,11+,19?/m0/s1. The zero-order valence-electron chi connectivity index (χ0n) is 12.5. The van der Waals surface area contributed by atoms with Crippen molar-refractivity contribution in [3.05, 3.63) is 0 Å². The first-order chi connectivity index (χ1) is 8.62. The van der Waals surface area contributed by atoms with Crippen LogP contribution in [0, 0.1) is 11.8 Å². The van der Waals surface area contributed by atoms with E-state index in [9.17, 15) is 9.35 Å². The minimum atomic E-state index is -1.08. The van der Waals surface area contributed by atoms with E-state index in [1.165, 1.54) is 4.90 Å². The Kier molecular flexibility index (Phi) is 5.53. The number of carboxylic acid groups (broad SMARTS) is 1. The Morgan fingerprint density at radius 2 is 2.11 bits per heavy atom. The highest BCUT2D eigenvalue weighted by Crippen LogP contribution is 2.27. The van der Waals surface area contributed by atoms with Crippen LogP contribution in [-0.4, -0.2) is 44.5 Å². The van der Waals surface area contributed by atoms with Crippen LogP contribution in [-0.2, 0) is 11.4 Å². The monoisotopic (exact) mass is 290 g/mol. The largest absolute Gasteiger partial charge is 0.598 e. The maximum atomic E-state index is 12.1. The quantitative estimate of drug-likeness (QED) is 0.780. The number of likely N-dealkylation sites (tertiary alicyclic amines) is 1. The Bertz CT molecular complexity index is 320. The van der Waals surface area contributed by atoms with E-state index in [2.05, 4.69) is 11.6 Å². The third kappa shape index (κ3) is 4.54. The summed E-state index contributed by atoms with van der Waals surface area (Å²) in [5, 5.41) is 8.99. The van der Waals surface area contributed by atoms with E-state index in [4.69, 9.17) is 5.11 Å². The van der Waals surface area contributed by atoms with Crippen LogP contribution in [0.1, 0.15) is 41.0 Å². The van der Waals surface area contributed by atoms with Gasteiger partial charge < -0.3 is 14.6 Å². The van der Waals surface area contributed by atoms with Crippen LogP contribution < -0.4 is 4.72 Å². The highest BCUT2D eigenvalue weighted by Gasteiger charge is 2.36. The second kappa shape index (κ2) is 6.33. The molecule has 1 unspecified atom stereocenters. The number of carbonyl (C=O) groups is 1. The van der Waals surface area contributed by atoms with Crippen LogP contribution in [0.3, 0.4) is 0 Å². The number of rotatable bonds is 3. The van der Waals surface area contributed by atoms with Gasteiger partial charge in [0, 0.05) is 24.5 Å². The first-order valence-electron chi connectivity index (χ1n) is 6.79. The third-order valence-electron chi connectivity index (χ3n) is 3.73. The first kappa shape index (κ1) is 16.6. The van der Waals surface area contributed by atoms with Gasteiger partial charge in [0.15, 0.2) is 0 Å². The normalized spacial score (nSPS) is 28.0. The number of nitrogens with zero attached hydrogens (tertiary/aromatic N) is 1. The molecule has 4 atom stereocenters. The van der Waals surface area contributed by atoms with E-state index in [1.807, 2.05) is 27.7 Å². The predicted octanol–water partition coefficient (Wildman–Crippen LogP) is 2.06. The zero-order valence-corrected chi connectivity index (χ0v) is 13.3. The van der Waals surface area contributed by atoms with Crippen molar-refractivity contribution in [3.8, 4) is 0 Å².